The maximum Gasteiger partial charge on any atom is 0.162 e. The summed E-state index contributed by atoms with van der Waals surface area (Å²) in [6, 6.07) is 17.8. The van der Waals surface area contributed by atoms with E-state index in [9.17, 15) is 0 Å². The van der Waals surface area contributed by atoms with E-state index in [4.69, 9.17) is 5.73 Å². The summed E-state index contributed by atoms with van der Waals surface area (Å²) in [5.74, 6) is 0. The molecule has 0 bridgehead atoms. The number of anilines is 1. The van der Waals surface area contributed by atoms with E-state index in [1.165, 1.54) is 0 Å². The number of hydrogen-bond donors (Lipinski definition) is 1. The second-order valence-electron chi connectivity index (χ2n) is 6.17. The molecule has 2 N–H and O–H groups in total. The number of fused-ring (bicyclic) bond motifs is 2. The van der Waals surface area contributed by atoms with Crippen LogP contribution in [0.15, 0.2) is 79.4 Å². The Balaban J connectivity index is 1.67. The van der Waals surface area contributed by atoms with E-state index in [1.54, 1.807) is 0 Å². The Morgan fingerprint density at radius 1 is 0.769 bits per heavy atom. The Morgan fingerprint density at radius 3 is 2.50 bits per heavy atom. The van der Waals surface area contributed by atoms with Crippen LogP contribution in [0.4, 0.5) is 5.69 Å². The molecule has 0 aliphatic heterocycles. The lowest BCUT2D eigenvalue weighted by molar-refractivity contribution is 0.941. The lowest BCUT2D eigenvalue weighted by Crippen LogP contribution is -1.93. The molecule has 0 unspecified atom stereocenters. The number of benzene rings is 2. The first-order valence-electron chi connectivity index (χ1n) is 8.33. The molecule has 0 radical (unpaired) electrons. The molecule has 5 nitrogen and oxygen atoms in total. The van der Waals surface area contributed by atoms with Crippen molar-refractivity contribution in [1.29, 1.82) is 0 Å². The minimum atomic E-state index is 0.744. The van der Waals surface area contributed by atoms with Crippen molar-refractivity contribution in [3.8, 4) is 22.3 Å². The first-order chi connectivity index (χ1) is 12.8. The summed E-state index contributed by atoms with van der Waals surface area (Å²) < 4.78 is 1.82. The first-order valence-corrected chi connectivity index (χ1v) is 8.33. The van der Waals surface area contributed by atoms with E-state index < -0.39 is 0 Å². The molecule has 0 saturated carbocycles. The van der Waals surface area contributed by atoms with Crippen molar-refractivity contribution in [2.45, 2.75) is 0 Å². The summed E-state index contributed by atoms with van der Waals surface area (Å²) in [6.45, 7) is 0. The van der Waals surface area contributed by atoms with E-state index in [0.29, 0.717) is 0 Å². The molecule has 0 saturated heterocycles. The van der Waals surface area contributed by atoms with Gasteiger partial charge in [-0.25, -0.2) is 9.50 Å². The third-order valence-electron chi connectivity index (χ3n) is 4.54. The van der Waals surface area contributed by atoms with Gasteiger partial charge in [0, 0.05) is 40.8 Å². The van der Waals surface area contributed by atoms with E-state index in [-0.39, 0.29) is 0 Å². The molecule has 0 fully saturated rings. The largest absolute Gasteiger partial charge is 0.399 e. The summed E-state index contributed by atoms with van der Waals surface area (Å²) in [5, 5.41) is 5.61. The smallest absolute Gasteiger partial charge is 0.162 e. The molecule has 3 heterocycles. The zero-order chi connectivity index (χ0) is 17.5. The highest BCUT2D eigenvalue weighted by Gasteiger charge is 2.12. The second-order valence-corrected chi connectivity index (χ2v) is 6.17. The fourth-order valence-corrected chi connectivity index (χ4v) is 3.22. The second kappa shape index (κ2) is 5.67. The molecule has 124 valence electrons. The molecule has 5 aromatic rings. The van der Waals surface area contributed by atoms with Crippen molar-refractivity contribution in [2.75, 3.05) is 5.73 Å². The average Bonchev–Trinajstić information content (AvgIpc) is 3.11. The van der Waals surface area contributed by atoms with E-state index in [1.807, 2.05) is 77.8 Å². The number of aromatic nitrogens is 4. The van der Waals surface area contributed by atoms with Gasteiger partial charge < -0.3 is 5.73 Å². The number of nitrogen functional groups attached to an aromatic ring is 1. The van der Waals surface area contributed by atoms with Crippen LogP contribution < -0.4 is 5.73 Å². The molecule has 26 heavy (non-hydrogen) atoms. The lowest BCUT2D eigenvalue weighted by Gasteiger charge is -2.05. The number of pyridine rings is 1. The average molecular weight is 337 g/mol. The number of nitrogens with two attached hydrogens (primary N) is 1. The van der Waals surface area contributed by atoms with Crippen LogP contribution in [0.5, 0.6) is 0 Å². The van der Waals surface area contributed by atoms with Crippen LogP contribution >= 0.6 is 0 Å². The maximum absolute atomic E-state index is 5.77. The van der Waals surface area contributed by atoms with Crippen molar-refractivity contribution < 1.29 is 0 Å². The SMILES string of the molecule is Nc1ccc(-c2cnc3c(-c4ccnc5ccccc45)cnn3c2)cc1. The van der Waals surface area contributed by atoms with Crippen molar-refractivity contribution in [2.24, 2.45) is 0 Å². The monoisotopic (exact) mass is 337 g/mol. The van der Waals surface area contributed by atoms with Gasteiger partial charge >= 0.3 is 0 Å². The minimum absolute atomic E-state index is 0.744. The fourth-order valence-electron chi connectivity index (χ4n) is 3.22. The van der Waals surface area contributed by atoms with Gasteiger partial charge in [-0.3, -0.25) is 4.98 Å². The van der Waals surface area contributed by atoms with Crippen LogP contribution in [-0.4, -0.2) is 19.6 Å². The van der Waals surface area contributed by atoms with E-state index in [0.717, 1.165) is 44.5 Å². The molecule has 0 aliphatic rings. The number of hydrogen-bond acceptors (Lipinski definition) is 4. The van der Waals surface area contributed by atoms with Crippen LogP contribution in [-0.2, 0) is 0 Å². The highest BCUT2D eigenvalue weighted by Crippen LogP contribution is 2.30. The van der Waals surface area contributed by atoms with Gasteiger partial charge in [-0.2, -0.15) is 5.10 Å². The Kier molecular flexibility index (Phi) is 3.18. The number of para-hydroxylation sites is 1. The lowest BCUT2D eigenvalue weighted by atomic mass is 10.0. The maximum atomic E-state index is 5.77. The topological polar surface area (TPSA) is 69.1 Å². The summed E-state index contributed by atoms with van der Waals surface area (Å²) >= 11 is 0. The van der Waals surface area contributed by atoms with Gasteiger partial charge in [0.05, 0.1) is 11.7 Å². The van der Waals surface area contributed by atoms with Gasteiger partial charge in [-0.15, -0.1) is 0 Å². The number of nitrogens with zero attached hydrogens (tertiary/aromatic N) is 4. The van der Waals surface area contributed by atoms with E-state index in [2.05, 4.69) is 21.1 Å². The minimum Gasteiger partial charge on any atom is -0.399 e. The molecular weight excluding hydrogens is 322 g/mol. The van der Waals surface area contributed by atoms with Gasteiger partial charge in [0.15, 0.2) is 5.65 Å². The Morgan fingerprint density at radius 2 is 1.62 bits per heavy atom. The van der Waals surface area contributed by atoms with E-state index >= 15 is 0 Å². The van der Waals surface area contributed by atoms with Gasteiger partial charge in [-0.1, -0.05) is 30.3 Å². The molecule has 2 aromatic carbocycles. The quantitative estimate of drug-likeness (QED) is 0.490. The van der Waals surface area contributed by atoms with Crippen molar-refractivity contribution in [3.63, 3.8) is 0 Å². The predicted octanol–water partition coefficient (Wildman–Crippen LogP) is 4.19. The third kappa shape index (κ3) is 2.29. The van der Waals surface area contributed by atoms with Crippen LogP contribution in [0.3, 0.4) is 0 Å². The molecule has 0 spiro atoms. The van der Waals surface area contributed by atoms with Crippen molar-refractivity contribution in [1.82, 2.24) is 19.6 Å². The standard InChI is InChI=1S/C21H15N5/c22-16-7-5-14(6-8-16)15-11-24-21-19(12-25-26(21)13-15)17-9-10-23-20-4-2-1-3-18(17)20/h1-13H,22H2. The van der Waals surface area contributed by atoms with Gasteiger partial charge in [0.1, 0.15) is 0 Å². The van der Waals surface area contributed by atoms with Gasteiger partial charge in [0.25, 0.3) is 0 Å². The highest BCUT2D eigenvalue weighted by atomic mass is 15.2. The summed E-state index contributed by atoms with van der Waals surface area (Å²) in [4.78, 5) is 9.11. The molecule has 5 rings (SSSR count). The van der Waals surface area contributed by atoms with Crippen LogP contribution in [0.25, 0.3) is 38.8 Å². The molecule has 0 atom stereocenters. The van der Waals surface area contributed by atoms with Crippen LogP contribution in [0.2, 0.25) is 0 Å². The Labute approximate surface area is 149 Å². The Hall–Kier alpha value is -3.73. The first kappa shape index (κ1) is 14.6. The summed E-state index contributed by atoms with van der Waals surface area (Å²) in [6.07, 6.45) is 7.54. The Bertz CT molecular complexity index is 1230. The fraction of sp³-hybridized carbons (Fsp3) is 0. The van der Waals surface area contributed by atoms with Crippen molar-refractivity contribution >= 4 is 22.2 Å². The summed E-state index contributed by atoms with van der Waals surface area (Å²) in [5.41, 5.74) is 12.4. The zero-order valence-electron chi connectivity index (χ0n) is 13.9. The molecular formula is C21H15N5. The van der Waals surface area contributed by atoms with Crippen LogP contribution in [0, 0.1) is 0 Å². The molecule has 0 aliphatic carbocycles. The highest BCUT2D eigenvalue weighted by molar-refractivity contribution is 5.97. The predicted molar refractivity (Wildman–Crippen MR) is 104 cm³/mol. The molecule has 5 heteroatoms. The van der Waals surface area contributed by atoms with Gasteiger partial charge in [-0.05, 0) is 35.4 Å². The third-order valence-corrected chi connectivity index (χ3v) is 4.54. The molecule has 0 amide bonds. The number of rotatable bonds is 2. The molecule has 3 aromatic heterocycles. The zero-order valence-corrected chi connectivity index (χ0v) is 13.9. The summed E-state index contributed by atoms with van der Waals surface area (Å²) in [7, 11) is 0. The van der Waals surface area contributed by atoms with Crippen molar-refractivity contribution in [3.05, 3.63) is 79.4 Å². The van der Waals surface area contributed by atoms with Crippen LogP contribution in [0.1, 0.15) is 0 Å². The van der Waals surface area contributed by atoms with Gasteiger partial charge in [0.2, 0.25) is 0 Å². The normalized spacial score (nSPS) is 11.2.